The summed E-state index contributed by atoms with van der Waals surface area (Å²) in [6, 6.07) is 12.9. The molecule has 0 aliphatic rings. The van der Waals surface area contributed by atoms with Crippen molar-refractivity contribution in [2.24, 2.45) is 5.73 Å². The van der Waals surface area contributed by atoms with Gasteiger partial charge >= 0.3 is 7.60 Å². The molecule has 2 amide bonds. The number of methoxy groups -OCH3 is 1. The van der Waals surface area contributed by atoms with Gasteiger partial charge in [0, 0.05) is 12.0 Å². The normalized spacial score (nSPS) is 12.2. The van der Waals surface area contributed by atoms with Crippen molar-refractivity contribution in [3.05, 3.63) is 65.2 Å². The van der Waals surface area contributed by atoms with Crippen LogP contribution < -0.4 is 15.8 Å². The van der Waals surface area contributed by atoms with Gasteiger partial charge in [-0.25, -0.2) is 0 Å². The van der Waals surface area contributed by atoms with Crippen LogP contribution in [0.1, 0.15) is 35.3 Å². The minimum absolute atomic E-state index is 0.109. The van der Waals surface area contributed by atoms with Crippen LogP contribution in [-0.4, -0.2) is 38.2 Å². The van der Waals surface area contributed by atoms with Gasteiger partial charge in [-0.15, -0.1) is 0 Å². The summed E-state index contributed by atoms with van der Waals surface area (Å²) in [5, 5.41) is 2.67. The fraction of sp³-hybridized carbons (Fsp3) is 0.364. The fourth-order valence-corrected chi connectivity index (χ4v) is 4.67. The SMILES string of the molecule is CCOP(=O)(Cc1ccc(C(=O)N[C@H](Cc2ccc(OC)cc2)C(N)=O)cc1)OCC. The molecule has 31 heavy (non-hydrogen) atoms. The Hall–Kier alpha value is -2.67. The van der Waals surface area contributed by atoms with Gasteiger partial charge in [-0.3, -0.25) is 14.2 Å². The third-order valence-corrected chi connectivity index (χ3v) is 6.55. The Balaban J connectivity index is 2.05. The van der Waals surface area contributed by atoms with Crippen molar-refractivity contribution in [2.75, 3.05) is 20.3 Å². The number of rotatable bonds is 12. The van der Waals surface area contributed by atoms with E-state index in [0.717, 1.165) is 5.56 Å². The monoisotopic (exact) mass is 448 g/mol. The first kappa shape index (κ1) is 24.6. The first-order valence-corrected chi connectivity index (χ1v) is 11.7. The second-order valence-electron chi connectivity index (χ2n) is 6.78. The third kappa shape index (κ3) is 7.51. The van der Waals surface area contributed by atoms with Crippen LogP contribution in [0.5, 0.6) is 5.75 Å². The van der Waals surface area contributed by atoms with Crippen LogP contribution in [0, 0.1) is 0 Å². The molecule has 8 nitrogen and oxygen atoms in total. The van der Waals surface area contributed by atoms with Crippen LogP contribution in [0.25, 0.3) is 0 Å². The molecule has 0 aliphatic heterocycles. The topological polar surface area (TPSA) is 117 Å². The van der Waals surface area contributed by atoms with E-state index in [9.17, 15) is 14.2 Å². The molecule has 2 aromatic carbocycles. The first-order valence-electron chi connectivity index (χ1n) is 10.0. The van der Waals surface area contributed by atoms with E-state index in [1.54, 1.807) is 57.4 Å². The quantitative estimate of drug-likeness (QED) is 0.481. The summed E-state index contributed by atoms with van der Waals surface area (Å²) in [5.74, 6) is -0.362. The molecule has 0 saturated carbocycles. The molecule has 0 spiro atoms. The highest BCUT2D eigenvalue weighted by molar-refractivity contribution is 7.53. The highest BCUT2D eigenvalue weighted by Gasteiger charge is 2.24. The molecule has 168 valence electrons. The Labute approximate surface area is 182 Å². The largest absolute Gasteiger partial charge is 0.497 e. The first-order chi connectivity index (χ1) is 14.8. The van der Waals surface area contributed by atoms with Crippen LogP contribution >= 0.6 is 7.60 Å². The van der Waals surface area contributed by atoms with E-state index in [1.807, 2.05) is 12.1 Å². The highest BCUT2D eigenvalue weighted by Crippen LogP contribution is 2.51. The number of benzene rings is 2. The van der Waals surface area contributed by atoms with E-state index in [2.05, 4.69) is 5.32 Å². The molecule has 2 rings (SSSR count). The maximum Gasteiger partial charge on any atom is 0.335 e. The van der Waals surface area contributed by atoms with Crippen molar-refractivity contribution in [1.29, 1.82) is 0 Å². The average Bonchev–Trinajstić information content (AvgIpc) is 2.74. The van der Waals surface area contributed by atoms with Gasteiger partial charge in [0.25, 0.3) is 5.91 Å². The van der Waals surface area contributed by atoms with Crippen molar-refractivity contribution in [2.45, 2.75) is 32.5 Å². The lowest BCUT2D eigenvalue weighted by atomic mass is 10.0. The summed E-state index contributed by atoms with van der Waals surface area (Å²) in [5.41, 5.74) is 7.38. The second kappa shape index (κ2) is 11.6. The van der Waals surface area contributed by atoms with Gasteiger partial charge in [0.2, 0.25) is 5.91 Å². The summed E-state index contributed by atoms with van der Waals surface area (Å²) < 4.78 is 28.4. The van der Waals surface area contributed by atoms with Crippen molar-refractivity contribution < 1.29 is 27.9 Å². The number of carbonyl (C=O) groups is 2. The van der Waals surface area contributed by atoms with Crippen LogP contribution in [0.4, 0.5) is 0 Å². The average molecular weight is 448 g/mol. The molecule has 3 N–H and O–H groups in total. The smallest absolute Gasteiger partial charge is 0.335 e. The summed E-state index contributed by atoms with van der Waals surface area (Å²) in [7, 11) is -1.66. The molecule has 0 fully saturated rings. The molecule has 0 radical (unpaired) electrons. The molecule has 0 bridgehead atoms. The van der Waals surface area contributed by atoms with Gasteiger partial charge in [-0.2, -0.15) is 0 Å². The van der Waals surface area contributed by atoms with Crippen molar-refractivity contribution >= 4 is 19.4 Å². The van der Waals surface area contributed by atoms with Gasteiger partial charge in [0.15, 0.2) is 0 Å². The molecule has 1 atom stereocenters. The lowest BCUT2D eigenvalue weighted by molar-refractivity contribution is -0.119. The van der Waals surface area contributed by atoms with Gasteiger partial charge in [-0.1, -0.05) is 24.3 Å². The standard InChI is InChI=1S/C22H29N2O6P/c1-4-29-31(27,30-5-2)15-17-6-10-18(11-7-17)22(26)24-20(21(23)25)14-16-8-12-19(28-3)13-9-16/h6-13,20H,4-5,14-15H2,1-3H3,(H2,23,25)(H,24,26)/t20-/m1/s1. The second-order valence-corrected chi connectivity index (χ2v) is 8.84. The predicted molar refractivity (Wildman–Crippen MR) is 118 cm³/mol. The Kier molecular flexibility index (Phi) is 9.24. The number of hydrogen-bond acceptors (Lipinski definition) is 6. The number of ether oxygens (including phenoxy) is 1. The zero-order chi connectivity index (χ0) is 22.9. The van der Waals surface area contributed by atoms with Crippen molar-refractivity contribution in [3.63, 3.8) is 0 Å². The molecule has 2 aromatic rings. The van der Waals surface area contributed by atoms with E-state index in [-0.39, 0.29) is 25.8 Å². The predicted octanol–water partition coefficient (Wildman–Crippen LogP) is 3.29. The maximum atomic E-state index is 12.7. The number of nitrogens with one attached hydrogen (secondary N) is 1. The Morgan fingerprint density at radius 3 is 2.00 bits per heavy atom. The lowest BCUT2D eigenvalue weighted by Crippen LogP contribution is -2.45. The number of nitrogens with two attached hydrogens (primary N) is 1. The maximum absolute atomic E-state index is 12.7. The van der Waals surface area contributed by atoms with Crippen LogP contribution in [0.2, 0.25) is 0 Å². The van der Waals surface area contributed by atoms with Crippen LogP contribution in [0.15, 0.2) is 48.5 Å². The highest BCUT2D eigenvalue weighted by atomic mass is 31.2. The third-order valence-electron chi connectivity index (χ3n) is 4.49. The Morgan fingerprint density at radius 2 is 1.52 bits per heavy atom. The Bertz CT molecular complexity index is 905. The van der Waals surface area contributed by atoms with Crippen molar-refractivity contribution in [3.8, 4) is 5.75 Å². The molecule has 0 unspecified atom stereocenters. The molecule has 0 aliphatic carbocycles. The van der Waals surface area contributed by atoms with E-state index < -0.39 is 25.5 Å². The van der Waals surface area contributed by atoms with Gasteiger partial charge in [0.05, 0.1) is 26.5 Å². The zero-order valence-electron chi connectivity index (χ0n) is 18.0. The summed E-state index contributed by atoms with van der Waals surface area (Å²) >= 11 is 0. The van der Waals surface area contributed by atoms with Crippen molar-refractivity contribution in [1.82, 2.24) is 5.32 Å². The molecule has 9 heteroatoms. The van der Waals surface area contributed by atoms with Gasteiger partial charge < -0.3 is 24.8 Å². The minimum atomic E-state index is -3.23. The number of hydrogen-bond donors (Lipinski definition) is 2. The minimum Gasteiger partial charge on any atom is -0.497 e. The van der Waals surface area contributed by atoms with E-state index >= 15 is 0 Å². The molecule has 0 aromatic heterocycles. The summed E-state index contributed by atoms with van der Waals surface area (Å²) in [6.07, 6.45) is 0.368. The number of amides is 2. The van der Waals surface area contributed by atoms with Crippen LogP contribution in [0.3, 0.4) is 0 Å². The molecular weight excluding hydrogens is 419 g/mol. The van der Waals surface area contributed by atoms with Gasteiger partial charge in [0.1, 0.15) is 11.8 Å². The van der Waals surface area contributed by atoms with E-state index in [4.69, 9.17) is 19.5 Å². The molecule has 0 saturated heterocycles. The number of primary amides is 1. The lowest BCUT2D eigenvalue weighted by Gasteiger charge is -2.18. The molecular formula is C22H29N2O6P. The van der Waals surface area contributed by atoms with E-state index in [0.29, 0.717) is 16.9 Å². The zero-order valence-corrected chi connectivity index (χ0v) is 18.9. The van der Waals surface area contributed by atoms with Crippen LogP contribution in [-0.2, 0) is 31.0 Å². The van der Waals surface area contributed by atoms with Gasteiger partial charge in [-0.05, 0) is 49.2 Å². The summed E-state index contributed by atoms with van der Waals surface area (Å²) in [6.45, 7) is 4.06. The summed E-state index contributed by atoms with van der Waals surface area (Å²) in [4.78, 5) is 24.5. The van der Waals surface area contributed by atoms with E-state index in [1.165, 1.54) is 0 Å². The number of carbonyl (C=O) groups excluding carboxylic acids is 2. The Morgan fingerprint density at radius 1 is 0.968 bits per heavy atom. The molecule has 0 heterocycles. The fourth-order valence-electron chi connectivity index (χ4n) is 2.97.